The molecule has 0 saturated carbocycles. The van der Waals surface area contributed by atoms with Crippen LogP contribution in [-0.2, 0) is 6.42 Å². The first-order valence-corrected chi connectivity index (χ1v) is 11.8. The summed E-state index contributed by atoms with van der Waals surface area (Å²) < 4.78 is 13.8. The zero-order valence-corrected chi connectivity index (χ0v) is 21.5. The Bertz CT molecular complexity index is 1470. The van der Waals surface area contributed by atoms with Crippen LogP contribution in [-0.4, -0.2) is 40.5 Å². The number of fused-ring (bicyclic) bond motifs is 1. The molecule has 4 rings (SSSR count). The van der Waals surface area contributed by atoms with E-state index in [4.69, 9.17) is 5.73 Å². The lowest BCUT2D eigenvalue weighted by atomic mass is 10.0. The fourth-order valence-electron chi connectivity index (χ4n) is 4.18. The molecule has 0 aliphatic rings. The fraction of sp³-hybridized carbons (Fsp3) is 0.161. The number of nitrogens with two attached hydrogens (primary N) is 1. The van der Waals surface area contributed by atoms with Gasteiger partial charge in [-0.1, -0.05) is 36.9 Å². The number of anilines is 1. The summed E-state index contributed by atoms with van der Waals surface area (Å²) in [6.07, 6.45) is 20.0. The molecule has 0 unspecified atom stereocenters. The molecular formula is C31H32FN5. The lowest BCUT2D eigenvalue weighted by Gasteiger charge is -2.12. The highest BCUT2D eigenvalue weighted by Gasteiger charge is 2.12. The third kappa shape index (κ3) is 6.60. The number of hydrogen-bond acceptors (Lipinski definition) is 4. The van der Waals surface area contributed by atoms with E-state index in [9.17, 15) is 4.39 Å². The van der Waals surface area contributed by atoms with Crippen LogP contribution in [0, 0.1) is 18.7 Å². The summed E-state index contributed by atoms with van der Waals surface area (Å²) in [4.78, 5) is 14.4. The minimum absolute atomic E-state index is 0.273. The molecule has 0 bridgehead atoms. The van der Waals surface area contributed by atoms with Crippen molar-refractivity contribution in [2.45, 2.75) is 13.3 Å². The molecule has 188 valence electrons. The first kappa shape index (κ1) is 27.1. The van der Waals surface area contributed by atoms with Crippen LogP contribution in [0.3, 0.4) is 0 Å². The predicted molar refractivity (Wildman–Crippen MR) is 153 cm³/mol. The number of benzene rings is 1. The Morgan fingerprint density at radius 2 is 1.95 bits per heavy atom. The van der Waals surface area contributed by atoms with Crippen LogP contribution in [0.1, 0.15) is 23.7 Å². The molecule has 3 heterocycles. The largest absolute Gasteiger partial charge is 0.383 e. The smallest absolute Gasteiger partial charge is 0.126 e. The monoisotopic (exact) mass is 493 g/mol. The van der Waals surface area contributed by atoms with E-state index in [0.29, 0.717) is 12.2 Å². The number of H-pyrrole nitrogens is 1. The fourth-order valence-corrected chi connectivity index (χ4v) is 4.18. The van der Waals surface area contributed by atoms with Gasteiger partial charge in [-0.25, -0.2) is 9.37 Å². The lowest BCUT2D eigenvalue weighted by Crippen LogP contribution is -2.14. The third-order valence-electron chi connectivity index (χ3n) is 5.87. The highest BCUT2D eigenvalue weighted by atomic mass is 19.1. The van der Waals surface area contributed by atoms with Gasteiger partial charge in [0, 0.05) is 53.1 Å². The van der Waals surface area contributed by atoms with E-state index in [0.717, 1.165) is 56.5 Å². The second-order valence-electron chi connectivity index (χ2n) is 8.80. The molecule has 0 radical (unpaired) electrons. The summed E-state index contributed by atoms with van der Waals surface area (Å²) in [6, 6.07) is 10.7. The third-order valence-corrected chi connectivity index (χ3v) is 5.87. The summed E-state index contributed by atoms with van der Waals surface area (Å²) in [5, 5.41) is 0.986. The van der Waals surface area contributed by atoms with Gasteiger partial charge in [0.05, 0.1) is 11.7 Å². The van der Waals surface area contributed by atoms with E-state index < -0.39 is 0 Å². The van der Waals surface area contributed by atoms with Gasteiger partial charge in [0.25, 0.3) is 0 Å². The normalized spacial score (nSPS) is 11.9. The predicted octanol–water partition coefficient (Wildman–Crippen LogP) is 6.26. The Morgan fingerprint density at radius 3 is 2.62 bits per heavy atom. The van der Waals surface area contributed by atoms with Crippen molar-refractivity contribution in [2.75, 3.05) is 26.4 Å². The van der Waals surface area contributed by atoms with Gasteiger partial charge in [-0.2, -0.15) is 0 Å². The van der Waals surface area contributed by atoms with Gasteiger partial charge in [0.1, 0.15) is 11.6 Å². The number of pyridine rings is 2. The van der Waals surface area contributed by atoms with Crippen LogP contribution in [0.4, 0.5) is 10.2 Å². The number of nitrogens with zero attached hydrogens (tertiary/aromatic N) is 3. The van der Waals surface area contributed by atoms with Gasteiger partial charge in [0.15, 0.2) is 0 Å². The number of nitrogens with one attached hydrogen (secondary N) is 1. The van der Waals surface area contributed by atoms with Crippen molar-refractivity contribution in [1.82, 2.24) is 19.9 Å². The number of terminal acetylenes is 1. The summed E-state index contributed by atoms with van der Waals surface area (Å²) >= 11 is 0. The Hall–Kier alpha value is -4.47. The van der Waals surface area contributed by atoms with E-state index in [-0.39, 0.29) is 5.82 Å². The van der Waals surface area contributed by atoms with E-state index in [1.807, 2.05) is 33.2 Å². The number of aromatic amines is 1. The molecule has 3 N–H and O–H groups in total. The molecule has 1 aromatic carbocycles. The van der Waals surface area contributed by atoms with Gasteiger partial charge >= 0.3 is 0 Å². The van der Waals surface area contributed by atoms with Crippen molar-refractivity contribution in [3.63, 3.8) is 0 Å². The second kappa shape index (κ2) is 12.5. The molecular weight excluding hydrogens is 461 g/mol. The maximum absolute atomic E-state index is 13.8. The van der Waals surface area contributed by atoms with Crippen molar-refractivity contribution >= 4 is 22.3 Å². The molecule has 0 amide bonds. The topological polar surface area (TPSA) is 70.8 Å². The number of aromatic nitrogens is 3. The standard InChI is InChI=1S/C29H30FN5.C2H2/c1-5-19(18-35(3)4)10-20(6-2)23-11-22(29(31)33-15-23)13-25-14-26-27(16-32-17-28(26)34-25)21-8-7-9-24(30)12-21;1-2/h5-12,14-17,34H,1,13,18H2,2-4H3,(H2,31,33);1-2H/b19-10+,20-6+;. The number of halogens is 1. The van der Waals surface area contributed by atoms with E-state index in [2.05, 4.69) is 63.6 Å². The average Bonchev–Trinajstić information content (AvgIpc) is 3.31. The highest BCUT2D eigenvalue weighted by molar-refractivity contribution is 5.94. The van der Waals surface area contributed by atoms with Crippen LogP contribution >= 0.6 is 0 Å². The second-order valence-corrected chi connectivity index (χ2v) is 8.80. The first-order valence-electron chi connectivity index (χ1n) is 11.8. The number of nitrogen functional groups attached to an aromatic ring is 1. The summed E-state index contributed by atoms with van der Waals surface area (Å²) in [6.45, 7) is 6.76. The molecule has 3 aromatic heterocycles. The number of hydrogen-bond donors (Lipinski definition) is 2. The van der Waals surface area contributed by atoms with Gasteiger partial charge in [-0.3, -0.25) is 4.98 Å². The Labute approximate surface area is 218 Å². The van der Waals surface area contributed by atoms with Crippen LogP contribution in [0.15, 0.2) is 85.4 Å². The van der Waals surface area contributed by atoms with Crippen LogP contribution < -0.4 is 5.73 Å². The Balaban J connectivity index is 0.00000186. The summed E-state index contributed by atoms with van der Waals surface area (Å²) in [5.74, 6) is 0.220. The zero-order valence-electron chi connectivity index (χ0n) is 21.5. The molecule has 0 spiro atoms. The molecule has 5 nitrogen and oxygen atoms in total. The van der Waals surface area contributed by atoms with E-state index >= 15 is 0 Å². The van der Waals surface area contributed by atoms with Gasteiger partial charge < -0.3 is 15.6 Å². The van der Waals surface area contributed by atoms with Gasteiger partial charge in [0.2, 0.25) is 0 Å². The molecule has 4 aromatic rings. The Kier molecular flexibility index (Phi) is 9.15. The number of likely N-dealkylation sites (N-methyl/N-ethyl adjacent to an activating group) is 1. The van der Waals surface area contributed by atoms with Crippen molar-refractivity contribution < 1.29 is 4.39 Å². The van der Waals surface area contributed by atoms with E-state index in [1.165, 1.54) is 12.1 Å². The number of allylic oxidation sites excluding steroid dienone is 3. The van der Waals surface area contributed by atoms with Crippen molar-refractivity contribution in [3.05, 3.63) is 108 Å². The molecule has 0 saturated heterocycles. The number of rotatable bonds is 8. The minimum atomic E-state index is -0.273. The molecule has 6 heteroatoms. The van der Waals surface area contributed by atoms with Crippen molar-refractivity contribution in [2.24, 2.45) is 0 Å². The first-order chi connectivity index (χ1) is 17.9. The molecule has 0 atom stereocenters. The highest BCUT2D eigenvalue weighted by Crippen LogP contribution is 2.30. The summed E-state index contributed by atoms with van der Waals surface area (Å²) in [7, 11) is 4.07. The average molecular weight is 494 g/mol. The SMILES string of the molecule is C#C.C=C/C(=C\C(=C/C)c1cnc(N)c(Cc2cc3c(-c4cccc(F)c4)cncc3[nH]2)c1)CN(C)C. The lowest BCUT2D eigenvalue weighted by molar-refractivity contribution is 0.449. The van der Waals surface area contributed by atoms with Crippen molar-refractivity contribution in [1.29, 1.82) is 0 Å². The Morgan fingerprint density at radius 1 is 1.16 bits per heavy atom. The molecule has 0 fully saturated rings. The molecule has 0 aliphatic carbocycles. The quantitative estimate of drug-likeness (QED) is 0.224. The maximum Gasteiger partial charge on any atom is 0.126 e. The zero-order chi connectivity index (χ0) is 26.9. The van der Waals surface area contributed by atoms with Crippen LogP contribution in [0.5, 0.6) is 0 Å². The van der Waals surface area contributed by atoms with E-state index in [1.54, 1.807) is 24.7 Å². The van der Waals surface area contributed by atoms with Crippen LogP contribution in [0.25, 0.3) is 27.6 Å². The maximum atomic E-state index is 13.8. The molecule has 37 heavy (non-hydrogen) atoms. The summed E-state index contributed by atoms with van der Waals surface area (Å²) in [5.41, 5.74) is 13.9. The van der Waals surface area contributed by atoms with Gasteiger partial charge in [-0.15, -0.1) is 12.8 Å². The minimum Gasteiger partial charge on any atom is -0.383 e. The molecule has 0 aliphatic heterocycles. The van der Waals surface area contributed by atoms with Crippen LogP contribution in [0.2, 0.25) is 0 Å². The van der Waals surface area contributed by atoms with Crippen molar-refractivity contribution in [3.8, 4) is 24.0 Å². The van der Waals surface area contributed by atoms with Gasteiger partial charge in [-0.05, 0) is 62.0 Å².